The van der Waals surface area contributed by atoms with Crippen LogP contribution in [-0.2, 0) is 26.1 Å². The number of benzene rings is 1. The summed E-state index contributed by atoms with van der Waals surface area (Å²) < 4.78 is 30.9. The lowest BCUT2D eigenvalue weighted by Crippen LogP contribution is -2.57. The second-order valence-corrected chi connectivity index (χ2v) is 11.5. The number of carbonyl (C=O) groups excluding carboxylic acids is 3. The minimum absolute atomic E-state index is 0.0443. The van der Waals surface area contributed by atoms with E-state index in [1.807, 2.05) is 0 Å². The van der Waals surface area contributed by atoms with Crippen LogP contribution in [0.25, 0.3) is 0 Å². The fourth-order valence-electron chi connectivity index (χ4n) is 6.04. The fourth-order valence-corrected chi connectivity index (χ4v) is 6.04. The van der Waals surface area contributed by atoms with Crippen LogP contribution in [0.5, 0.6) is 11.5 Å². The van der Waals surface area contributed by atoms with Crippen molar-refractivity contribution in [2.45, 2.75) is 69.9 Å². The lowest BCUT2D eigenvalue weighted by Gasteiger charge is -2.42. The van der Waals surface area contributed by atoms with Gasteiger partial charge in [-0.15, -0.1) is 0 Å². The van der Waals surface area contributed by atoms with Crippen molar-refractivity contribution < 1.29 is 48.0 Å². The van der Waals surface area contributed by atoms with E-state index in [2.05, 4.69) is 16.9 Å². The van der Waals surface area contributed by atoms with Gasteiger partial charge < -0.3 is 43.6 Å². The number of carboxylic acid groups (broad SMARTS) is 1. The summed E-state index contributed by atoms with van der Waals surface area (Å²) >= 11 is 0. The molecule has 0 bridgehead atoms. The molecule has 2 fully saturated rings. The van der Waals surface area contributed by atoms with Gasteiger partial charge in [0.2, 0.25) is 11.7 Å². The van der Waals surface area contributed by atoms with E-state index >= 15 is 0 Å². The predicted molar refractivity (Wildman–Crippen MR) is 168 cm³/mol. The highest BCUT2D eigenvalue weighted by Gasteiger charge is 2.46. The Balaban J connectivity index is 1.39. The third kappa shape index (κ3) is 7.68. The quantitative estimate of drug-likeness (QED) is 0.251. The molecule has 3 atom stereocenters. The zero-order valence-corrected chi connectivity index (χ0v) is 26.6. The minimum Gasteiger partial charge on any atom is -0.493 e. The Morgan fingerprint density at radius 2 is 1.98 bits per heavy atom. The number of amides is 3. The number of ether oxygens (including phenoxy) is 5. The summed E-state index contributed by atoms with van der Waals surface area (Å²) in [6.07, 6.45) is 5.87. The summed E-state index contributed by atoms with van der Waals surface area (Å²) in [4.78, 5) is 58.6. The van der Waals surface area contributed by atoms with Crippen LogP contribution in [-0.4, -0.2) is 95.5 Å². The average Bonchev–Trinajstić information content (AvgIpc) is 3.41. The number of carbonyl (C=O) groups is 4. The second kappa shape index (κ2) is 15.3. The summed E-state index contributed by atoms with van der Waals surface area (Å²) in [6, 6.07) is 2.68. The van der Waals surface area contributed by atoms with Crippen molar-refractivity contribution in [1.29, 1.82) is 0 Å². The number of nitrogens with zero attached hydrogens (tertiary/aromatic N) is 4. The van der Waals surface area contributed by atoms with E-state index in [0.29, 0.717) is 26.0 Å². The summed E-state index contributed by atoms with van der Waals surface area (Å²) in [5.41, 5.74) is 0.486. The van der Waals surface area contributed by atoms with Gasteiger partial charge in [0.15, 0.2) is 29.8 Å². The van der Waals surface area contributed by atoms with Crippen molar-refractivity contribution in [2.75, 3.05) is 43.7 Å². The predicted octanol–water partition coefficient (Wildman–Crippen LogP) is 3.93. The van der Waals surface area contributed by atoms with Gasteiger partial charge in [-0.25, -0.2) is 19.5 Å². The summed E-state index contributed by atoms with van der Waals surface area (Å²) in [5.74, 6) is -1.38. The van der Waals surface area contributed by atoms with Gasteiger partial charge in [-0.2, -0.15) is 0 Å². The topological polar surface area (TPSA) is 171 Å². The third-order valence-corrected chi connectivity index (χ3v) is 8.26. The molecule has 2 aromatic rings. The van der Waals surface area contributed by atoms with E-state index in [9.17, 15) is 24.3 Å². The van der Waals surface area contributed by atoms with E-state index in [-0.39, 0.29) is 72.3 Å². The first kappa shape index (κ1) is 33.7. The Bertz CT molecular complexity index is 1490. The number of anilines is 2. The number of aromatic carboxylic acids is 1. The van der Waals surface area contributed by atoms with Crippen molar-refractivity contribution >= 4 is 35.4 Å². The number of hydrogen-bond acceptors (Lipinski definition) is 10. The number of piperidine rings is 1. The minimum atomic E-state index is -1.21. The smallest absolute Gasteiger partial charge is 0.416 e. The van der Waals surface area contributed by atoms with Gasteiger partial charge in [-0.05, 0) is 51.0 Å². The zero-order chi connectivity index (χ0) is 33.5. The first-order valence-corrected chi connectivity index (χ1v) is 15.8. The van der Waals surface area contributed by atoms with Gasteiger partial charge in [0, 0.05) is 38.9 Å². The molecule has 2 saturated heterocycles. The Morgan fingerprint density at radius 3 is 2.68 bits per heavy atom. The first-order valence-electron chi connectivity index (χ1n) is 15.8. The molecule has 3 aliphatic rings. The molecular formula is C32H41N5O10. The molecule has 15 heteroatoms. The monoisotopic (exact) mass is 655 g/mol. The molecule has 4 heterocycles. The van der Waals surface area contributed by atoms with E-state index in [0.717, 1.165) is 25.7 Å². The van der Waals surface area contributed by atoms with E-state index in [4.69, 9.17) is 23.7 Å². The van der Waals surface area contributed by atoms with Crippen molar-refractivity contribution in [2.24, 2.45) is 7.05 Å². The molecule has 0 saturated carbocycles. The third-order valence-electron chi connectivity index (χ3n) is 8.26. The SMILES string of the molecule is C=CCOC(=O)N1c2cc(OCCCC(=O)Nc3cn(C)c(C(=O)O)n3)c(OC)cc2C(=O)N2CCCCC2C1OC1CCCCO1. The van der Waals surface area contributed by atoms with Gasteiger partial charge in [-0.1, -0.05) is 12.7 Å². The van der Waals surface area contributed by atoms with E-state index in [1.165, 1.54) is 35.9 Å². The standard InChI is InChI=1S/C32H41N5O10/c1-4-14-46-32(42)37-22-18-24(44-16-9-11-26(38)33-25-19-35(2)28(34-25)31(40)41)23(43-3)17-20(22)29(39)36-13-7-5-10-21(36)30(37)47-27-12-6-8-15-45-27/h4,17-19,21,27,30H,1,5-16H2,2-3H3,(H,33,38)(H,40,41). The van der Waals surface area contributed by atoms with Crippen LogP contribution in [0, 0.1) is 0 Å². The van der Waals surface area contributed by atoms with Crippen molar-refractivity contribution in [3.8, 4) is 11.5 Å². The molecule has 3 unspecified atom stereocenters. The summed E-state index contributed by atoms with van der Waals surface area (Å²) in [7, 11) is 2.97. The molecule has 0 spiro atoms. The van der Waals surface area contributed by atoms with Gasteiger partial charge >= 0.3 is 12.1 Å². The number of methoxy groups -OCH3 is 1. The second-order valence-electron chi connectivity index (χ2n) is 11.5. The lowest BCUT2D eigenvalue weighted by atomic mass is 10.00. The Hall–Kier alpha value is -4.63. The van der Waals surface area contributed by atoms with Crippen LogP contribution >= 0.6 is 0 Å². The summed E-state index contributed by atoms with van der Waals surface area (Å²) in [5, 5.41) is 11.8. The highest BCUT2D eigenvalue weighted by Crippen LogP contribution is 2.42. The molecule has 1 aromatic heterocycles. The number of aryl methyl sites for hydroxylation is 1. The van der Waals surface area contributed by atoms with Gasteiger partial charge in [0.05, 0.1) is 31.0 Å². The van der Waals surface area contributed by atoms with Gasteiger partial charge in [0.25, 0.3) is 5.91 Å². The Morgan fingerprint density at radius 1 is 1.17 bits per heavy atom. The molecule has 5 rings (SSSR count). The number of hydrogen-bond donors (Lipinski definition) is 2. The van der Waals surface area contributed by atoms with Crippen LogP contribution in [0.15, 0.2) is 31.0 Å². The average molecular weight is 656 g/mol. The maximum atomic E-state index is 14.1. The normalized spacial score (nSPS) is 20.8. The highest BCUT2D eigenvalue weighted by molar-refractivity contribution is 6.06. The zero-order valence-electron chi connectivity index (χ0n) is 26.6. The number of rotatable bonds is 12. The van der Waals surface area contributed by atoms with Crippen LogP contribution < -0.4 is 19.7 Å². The number of imidazole rings is 1. The lowest BCUT2D eigenvalue weighted by molar-refractivity contribution is -0.198. The molecule has 47 heavy (non-hydrogen) atoms. The molecular weight excluding hydrogens is 614 g/mol. The maximum absolute atomic E-state index is 14.1. The van der Waals surface area contributed by atoms with Crippen LogP contribution in [0.4, 0.5) is 16.3 Å². The molecule has 15 nitrogen and oxygen atoms in total. The molecule has 0 aliphatic carbocycles. The van der Waals surface area contributed by atoms with Crippen molar-refractivity contribution in [1.82, 2.24) is 14.5 Å². The number of carboxylic acids is 1. The van der Waals surface area contributed by atoms with Gasteiger partial charge in [-0.3, -0.25) is 9.59 Å². The largest absolute Gasteiger partial charge is 0.493 e. The molecule has 254 valence electrons. The highest BCUT2D eigenvalue weighted by atomic mass is 16.7. The van der Waals surface area contributed by atoms with E-state index < -0.39 is 30.6 Å². The molecule has 1 aromatic carbocycles. The van der Waals surface area contributed by atoms with Crippen molar-refractivity contribution in [3.05, 3.63) is 42.4 Å². The van der Waals surface area contributed by atoms with Crippen molar-refractivity contribution in [3.63, 3.8) is 0 Å². The number of fused-ring (bicyclic) bond motifs is 2. The van der Waals surface area contributed by atoms with Crippen LogP contribution in [0.1, 0.15) is 72.3 Å². The Kier molecular flexibility index (Phi) is 11.0. The fraction of sp³-hybridized carbons (Fsp3) is 0.531. The summed E-state index contributed by atoms with van der Waals surface area (Å²) in [6.45, 7) is 4.74. The molecule has 3 amide bonds. The number of aromatic nitrogens is 2. The van der Waals surface area contributed by atoms with Crippen LogP contribution in [0.3, 0.4) is 0 Å². The molecule has 0 radical (unpaired) electrons. The van der Waals surface area contributed by atoms with Gasteiger partial charge in [0.1, 0.15) is 6.61 Å². The first-order chi connectivity index (χ1) is 22.7. The Labute approximate surface area is 272 Å². The molecule has 3 aliphatic heterocycles. The number of nitrogens with one attached hydrogen (secondary N) is 1. The van der Waals surface area contributed by atoms with E-state index in [1.54, 1.807) is 17.0 Å². The molecule has 2 N–H and O–H groups in total. The maximum Gasteiger partial charge on any atom is 0.416 e. The van der Waals surface area contributed by atoms with Crippen LogP contribution in [0.2, 0.25) is 0 Å².